The standard InChI is InChI=1S/C10H12O2.C10H16O/c1-3-4-8-5-6-9(11)10(7-8)12-2;1-9(2)5-4-6-10(3)7-8-11/h3,5-7,11H,1,4H2,2H3;5,7-8H,4,6H2,1-3H3. The summed E-state index contributed by atoms with van der Waals surface area (Å²) in [6, 6.07) is 5.27. The average Bonchev–Trinajstić information content (AvgIpc) is 2.50. The Labute approximate surface area is 140 Å². The predicted molar refractivity (Wildman–Crippen MR) is 97.0 cm³/mol. The Kier molecular flexibility index (Phi) is 11.1. The largest absolute Gasteiger partial charge is 0.504 e. The zero-order valence-electron chi connectivity index (χ0n) is 14.6. The fraction of sp³-hybridized carbons (Fsp3) is 0.350. The molecule has 1 aromatic carbocycles. The van der Waals surface area contributed by atoms with E-state index in [1.165, 1.54) is 12.7 Å². The molecule has 0 aliphatic heterocycles. The maximum atomic E-state index is 10.0. The molecule has 1 aromatic rings. The molecule has 0 amide bonds. The van der Waals surface area contributed by atoms with Crippen LogP contribution in [0.3, 0.4) is 0 Å². The van der Waals surface area contributed by atoms with Crippen LogP contribution in [0.25, 0.3) is 0 Å². The summed E-state index contributed by atoms with van der Waals surface area (Å²) in [5, 5.41) is 9.25. The van der Waals surface area contributed by atoms with Crippen LogP contribution in [0, 0.1) is 0 Å². The van der Waals surface area contributed by atoms with Crippen molar-refractivity contribution in [1.29, 1.82) is 0 Å². The topological polar surface area (TPSA) is 46.5 Å². The molecule has 1 rings (SSSR count). The van der Waals surface area contributed by atoms with Gasteiger partial charge in [-0.15, -0.1) is 6.58 Å². The molecule has 3 nitrogen and oxygen atoms in total. The number of rotatable bonds is 7. The first-order chi connectivity index (χ1) is 10.9. The molecular weight excluding hydrogens is 288 g/mol. The van der Waals surface area contributed by atoms with E-state index in [2.05, 4.69) is 26.5 Å². The number of hydrogen-bond acceptors (Lipinski definition) is 3. The molecule has 23 heavy (non-hydrogen) atoms. The fourth-order valence-corrected chi connectivity index (χ4v) is 1.80. The van der Waals surface area contributed by atoms with Crippen molar-refractivity contribution in [1.82, 2.24) is 0 Å². The van der Waals surface area contributed by atoms with Gasteiger partial charge in [0.15, 0.2) is 11.5 Å². The minimum atomic E-state index is 0.172. The smallest absolute Gasteiger partial charge is 0.160 e. The third-order valence-corrected chi connectivity index (χ3v) is 3.07. The van der Waals surface area contributed by atoms with Crippen LogP contribution in [0.2, 0.25) is 0 Å². The van der Waals surface area contributed by atoms with Gasteiger partial charge in [-0.2, -0.15) is 0 Å². The van der Waals surface area contributed by atoms with Crippen molar-refractivity contribution in [2.75, 3.05) is 7.11 Å². The lowest BCUT2D eigenvalue weighted by Gasteiger charge is -2.04. The number of benzene rings is 1. The van der Waals surface area contributed by atoms with E-state index >= 15 is 0 Å². The summed E-state index contributed by atoms with van der Waals surface area (Å²) in [6.07, 6.45) is 9.28. The number of phenols is 1. The van der Waals surface area contributed by atoms with Gasteiger partial charge in [-0.1, -0.05) is 29.4 Å². The number of aldehydes is 1. The van der Waals surface area contributed by atoms with Crippen LogP contribution in [0.4, 0.5) is 0 Å². The molecule has 0 bridgehead atoms. The molecule has 0 radical (unpaired) electrons. The number of ether oxygens (including phenoxy) is 1. The first-order valence-corrected chi connectivity index (χ1v) is 7.65. The summed E-state index contributed by atoms with van der Waals surface area (Å²) in [7, 11) is 1.53. The lowest BCUT2D eigenvalue weighted by molar-refractivity contribution is -0.104. The van der Waals surface area contributed by atoms with Crippen molar-refractivity contribution >= 4 is 6.29 Å². The van der Waals surface area contributed by atoms with Gasteiger partial charge < -0.3 is 9.84 Å². The van der Waals surface area contributed by atoms with Crippen LogP contribution in [0.15, 0.2) is 54.2 Å². The van der Waals surface area contributed by atoms with Gasteiger partial charge in [-0.25, -0.2) is 0 Å². The van der Waals surface area contributed by atoms with Gasteiger partial charge in [-0.3, -0.25) is 4.79 Å². The Morgan fingerprint density at radius 2 is 2.00 bits per heavy atom. The van der Waals surface area contributed by atoms with Crippen LogP contribution >= 0.6 is 0 Å². The van der Waals surface area contributed by atoms with Crippen molar-refractivity contribution < 1.29 is 14.6 Å². The zero-order valence-corrected chi connectivity index (χ0v) is 14.6. The first kappa shape index (κ1) is 20.7. The van der Waals surface area contributed by atoms with Crippen molar-refractivity contribution in [3.8, 4) is 11.5 Å². The van der Waals surface area contributed by atoms with Crippen molar-refractivity contribution in [2.24, 2.45) is 0 Å². The minimum absolute atomic E-state index is 0.172. The highest BCUT2D eigenvalue weighted by molar-refractivity contribution is 5.65. The second-order valence-corrected chi connectivity index (χ2v) is 5.47. The quantitative estimate of drug-likeness (QED) is 0.437. The summed E-state index contributed by atoms with van der Waals surface area (Å²) < 4.78 is 4.95. The summed E-state index contributed by atoms with van der Waals surface area (Å²) in [4.78, 5) is 10.0. The maximum absolute atomic E-state index is 10.0. The Balaban J connectivity index is 0.000000423. The number of aromatic hydroxyl groups is 1. The Morgan fingerprint density at radius 3 is 2.52 bits per heavy atom. The second kappa shape index (κ2) is 12.3. The highest BCUT2D eigenvalue weighted by Crippen LogP contribution is 2.26. The van der Waals surface area contributed by atoms with Crippen LogP contribution in [0.5, 0.6) is 11.5 Å². The van der Waals surface area contributed by atoms with E-state index in [0.29, 0.717) is 5.75 Å². The van der Waals surface area contributed by atoms with E-state index in [-0.39, 0.29) is 5.75 Å². The van der Waals surface area contributed by atoms with Crippen molar-refractivity contribution in [3.63, 3.8) is 0 Å². The molecule has 0 atom stereocenters. The lowest BCUT2D eigenvalue weighted by atomic mass is 10.1. The number of methoxy groups -OCH3 is 1. The van der Waals surface area contributed by atoms with E-state index in [9.17, 15) is 9.90 Å². The normalized spacial score (nSPS) is 10.2. The monoisotopic (exact) mass is 316 g/mol. The summed E-state index contributed by atoms with van der Waals surface area (Å²) in [5.41, 5.74) is 3.57. The second-order valence-electron chi connectivity index (χ2n) is 5.47. The molecular formula is C20H28O3. The Bertz CT molecular complexity index is 550. The Hall–Kier alpha value is -2.29. The predicted octanol–water partition coefficient (Wildman–Crippen LogP) is 5.01. The summed E-state index contributed by atoms with van der Waals surface area (Å²) in [6.45, 7) is 9.77. The molecule has 0 aliphatic carbocycles. The lowest BCUT2D eigenvalue weighted by Crippen LogP contribution is -1.86. The van der Waals surface area contributed by atoms with E-state index in [4.69, 9.17) is 4.74 Å². The van der Waals surface area contributed by atoms with Gasteiger partial charge >= 0.3 is 0 Å². The van der Waals surface area contributed by atoms with E-state index in [1.54, 1.807) is 18.2 Å². The highest BCUT2D eigenvalue weighted by Gasteiger charge is 2.00. The molecule has 126 valence electrons. The summed E-state index contributed by atoms with van der Waals surface area (Å²) in [5.74, 6) is 0.680. The van der Waals surface area contributed by atoms with Gasteiger partial charge in [0.25, 0.3) is 0 Å². The average molecular weight is 316 g/mol. The molecule has 3 heteroatoms. The number of carbonyl (C=O) groups is 1. The number of carbonyl (C=O) groups excluding carboxylic acids is 1. The molecule has 1 N–H and O–H groups in total. The Morgan fingerprint density at radius 1 is 1.30 bits per heavy atom. The number of hydrogen-bond donors (Lipinski definition) is 1. The highest BCUT2D eigenvalue weighted by atomic mass is 16.5. The third-order valence-electron chi connectivity index (χ3n) is 3.07. The van der Waals surface area contributed by atoms with E-state index in [1.807, 2.05) is 19.1 Å². The van der Waals surface area contributed by atoms with E-state index in [0.717, 1.165) is 36.7 Å². The molecule has 0 unspecified atom stereocenters. The first-order valence-electron chi connectivity index (χ1n) is 7.65. The fourth-order valence-electron chi connectivity index (χ4n) is 1.80. The SMILES string of the molecule is C=CCc1ccc(O)c(OC)c1.CC(C)=CCCC(C)=CC=O. The van der Waals surface area contributed by atoms with Crippen LogP contribution < -0.4 is 4.74 Å². The molecule has 0 saturated carbocycles. The van der Waals surface area contributed by atoms with Crippen molar-refractivity contribution in [2.45, 2.75) is 40.0 Å². The number of phenolic OH excluding ortho intramolecular Hbond substituents is 1. The maximum Gasteiger partial charge on any atom is 0.160 e. The van der Waals surface area contributed by atoms with Crippen LogP contribution in [-0.2, 0) is 11.2 Å². The van der Waals surface area contributed by atoms with Gasteiger partial charge in [0.1, 0.15) is 6.29 Å². The molecule has 0 heterocycles. The van der Waals surface area contributed by atoms with Crippen molar-refractivity contribution in [3.05, 3.63) is 59.7 Å². The molecule has 0 aliphatic rings. The van der Waals surface area contributed by atoms with Crippen LogP contribution in [0.1, 0.15) is 39.2 Å². The van der Waals surface area contributed by atoms with Gasteiger partial charge in [0.2, 0.25) is 0 Å². The number of allylic oxidation sites excluding steroid dienone is 5. The van der Waals surface area contributed by atoms with Gasteiger partial charge in [-0.05, 0) is 63.8 Å². The zero-order chi connectivity index (χ0) is 17.7. The molecule has 0 spiro atoms. The molecule has 0 fully saturated rings. The third kappa shape index (κ3) is 10.1. The minimum Gasteiger partial charge on any atom is -0.504 e. The van der Waals surface area contributed by atoms with Gasteiger partial charge in [0.05, 0.1) is 7.11 Å². The van der Waals surface area contributed by atoms with E-state index < -0.39 is 0 Å². The molecule has 0 saturated heterocycles. The summed E-state index contributed by atoms with van der Waals surface area (Å²) >= 11 is 0. The van der Waals surface area contributed by atoms with Gasteiger partial charge in [0, 0.05) is 0 Å². The molecule has 0 aromatic heterocycles. The van der Waals surface area contributed by atoms with Crippen LogP contribution in [-0.4, -0.2) is 18.5 Å².